The van der Waals surface area contributed by atoms with E-state index in [-0.39, 0.29) is 0 Å². The first-order valence-electron chi connectivity index (χ1n) is 4.22. The highest BCUT2D eigenvalue weighted by Crippen LogP contribution is 2.18. The molecular formula is C9H13F2N3. The molecule has 78 valence electrons. The van der Waals surface area contributed by atoms with Gasteiger partial charge in [-0.2, -0.15) is 0 Å². The zero-order valence-corrected chi connectivity index (χ0v) is 8.14. The molecule has 0 saturated heterocycles. The van der Waals surface area contributed by atoms with Gasteiger partial charge in [0.05, 0.1) is 12.2 Å². The molecule has 5 heteroatoms. The summed E-state index contributed by atoms with van der Waals surface area (Å²) < 4.78 is 25.0. The SMILES string of the molecule is Cc1cnc(NCC(C)(F)F)c(N)c1. The number of pyridine rings is 1. The summed E-state index contributed by atoms with van der Waals surface area (Å²) >= 11 is 0. The predicted molar refractivity (Wildman–Crippen MR) is 52.5 cm³/mol. The van der Waals surface area contributed by atoms with E-state index in [9.17, 15) is 8.78 Å². The van der Waals surface area contributed by atoms with Crippen LogP contribution in [0.1, 0.15) is 12.5 Å². The Bertz CT molecular complexity index is 320. The molecule has 0 atom stereocenters. The fourth-order valence-corrected chi connectivity index (χ4v) is 0.978. The number of anilines is 2. The first-order chi connectivity index (χ1) is 6.38. The monoisotopic (exact) mass is 201 g/mol. The maximum Gasteiger partial charge on any atom is 0.262 e. The van der Waals surface area contributed by atoms with E-state index in [2.05, 4.69) is 10.3 Å². The lowest BCUT2D eigenvalue weighted by Gasteiger charge is -2.13. The molecule has 3 nitrogen and oxygen atoms in total. The van der Waals surface area contributed by atoms with Gasteiger partial charge in [-0.05, 0) is 18.6 Å². The maximum absolute atomic E-state index is 12.5. The Labute approximate surface area is 81.3 Å². The topological polar surface area (TPSA) is 50.9 Å². The molecule has 0 bridgehead atoms. The van der Waals surface area contributed by atoms with Crippen LogP contribution < -0.4 is 11.1 Å². The van der Waals surface area contributed by atoms with Crippen molar-refractivity contribution in [3.8, 4) is 0 Å². The van der Waals surface area contributed by atoms with Gasteiger partial charge in [0.1, 0.15) is 5.82 Å². The third kappa shape index (κ3) is 3.16. The summed E-state index contributed by atoms with van der Waals surface area (Å²) in [6.07, 6.45) is 1.58. The van der Waals surface area contributed by atoms with E-state index in [1.54, 1.807) is 12.3 Å². The van der Waals surface area contributed by atoms with Crippen molar-refractivity contribution in [2.75, 3.05) is 17.6 Å². The van der Waals surface area contributed by atoms with Crippen molar-refractivity contribution in [3.63, 3.8) is 0 Å². The van der Waals surface area contributed by atoms with Gasteiger partial charge >= 0.3 is 0 Å². The van der Waals surface area contributed by atoms with E-state index >= 15 is 0 Å². The fourth-order valence-electron chi connectivity index (χ4n) is 0.978. The number of aryl methyl sites for hydroxylation is 1. The van der Waals surface area contributed by atoms with Gasteiger partial charge in [0.2, 0.25) is 0 Å². The molecule has 0 amide bonds. The van der Waals surface area contributed by atoms with E-state index in [0.717, 1.165) is 12.5 Å². The van der Waals surface area contributed by atoms with Crippen LogP contribution in [0.25, 0.3) is 0 Å². The second kappa shape index (κ2) is 3.77. The Hall–Kier alpha value is -1.39. The van der Waals surface area contributed by atoms with Crippen molar-refractivity contribution < 1.29 is 8.78 Å². The van der Waals surface area contributed by atoms with Gasteiger partial charge in [0.15, 0.2) is 0 Å². The number of nitrogens with zero attached hydrogens (tertiary/aromatic N) is 1. The number of halogens is 2. The summed E-state index contributed by atoms with van der Waals surface area (Å²) in [5.41, 5.74) is 6.86. The standard InChI is InChI=1S/C9H13F2N3/c1-6-3-7(12)8(13-4-6)14-5-9(2,10)11/h3-4H,5,12H2,1-2H3,(H,13,14). The summed E-state index contributed by atoms with van der Waals surface area (Å²) in [4.78, 5) is 3.91. The van der Waals surface area contributed by atoms with Gasteiger partial charge in [0, 0.05) is 13.1 Å². The van der Waals surface area contributed by atoms with Crippen LogP contribution in [-0.4, -0.2) is 17.5 Å². The van der Waals surface area contributed by atoms with E-state index in [1.807, 2.05) is 6.92 Å². The Morgan fingerprint density at radius 3 is 2.71 bits per heavy atom. The molecule has 0 aromatic carbocycles. The van der Waals surface area contributed by atoms with Gasteiger partial charge < -0.3 is 11.1 Å². The van der Waals surface area contributed by atoms with E-state index in [1.165, 1.54) is 0 Å². The molecular weight excluding hydrogens is 188 g/mol. The molecule has 1 heterocycles. The smallest absolute Gasteiger partial charge is 0.262 e. The minimum Gasteiger partial charge on any atom is -0.396 e. The Balaban J connectivity index is 2.68. The molecule has 0 aliphatic carbocycles. The van der Waals surface area contributed by atoms with Crippen LogP contribution in [0.5, 0.6) is 0 Å². The van der Waals surface area contributed by atoms with E-state index in [4.69, 9.17) is 5.73 Å². The molecule has 0 fully saturated rings. The van der Waals surface area contributed by atoms with Crippen LogP contribution in [-0.2, 0) is 0 Å². The Kier molecular flexibility index (Phi) is 2.88. The number of nitrogens with one attached hydrogen (secondary N) is 1. The van der Waals surface area contributed by atoms with Gasteiger partial charge in [-0.1, -0.05) is 0 Å². The molecule has 1 rings (SSSR count). The lowest BCUT2D eigenvalue weighted by Crippen LogP contribution is -2.23. The van der Waals surface area contributed by atoms with Gasteiger partial charge in [0.25, 0.3) is 5.92 Å². The molecule has 14 heavy (non-hydrogen) atoms. The Morgan fingerprint density at radius 2 is 2.21 bits per heavy atom. The van der Waals surface area contributed by atoms with Crippen molar-refractivity contribution in [1.29, 1.82) is 0 Å². The second-order valence-corrected chi connectivity index (χ2v) is 3.37. The molecule has 0 saturated carbocycles. The zero-order valence-electron chi connectivity index (χ0n) is 8.14. The first kappa shape index (κ1) is 10.7. The molecule has 1 aromatic heterocycles. The quantitative estimate of drug-likeness (QED) is 0.786. The molecule has 0 radical (unpaired) electrons. The predicted octanol–water partition coefficient (Wildman–Crippen LogP) is 2.04. The highest BCUT2D eigenvalue weighted by atomic mass is 19.3. The van der Waals surface area contributed by atoms with Gasteiger partial charge in [-0.25, -0.2) is 13.8 Å². The van der Waals surface area contributed by atoms with Gasteiger partial charge in [-0.15, -0.1) is 0 Å². The lowest BCUT2D eigenvalue weighted by molar-refractivity contribution is 0.0367. The third-order valence-corrected chi connectivity index (χ3v) is 1.62. The van der Waals surface area contributed by atoms with Crippen LogP contribution in [0, 0.1) is 6.92 Å². The molecule has 0 aliphatic rings. The number of hydrogen-bond donors (Lipinski definition) is 2. The van der Waals surface area contributed by atoms with Crippen molar-refractivity contribution in [3.05, 3.63) is 17.8 Å². The van der Waals surface area contributed by atoms with Crippen molar-refractivity contribution in [2.24, 2.45) is 0 Å². The summed E-state index contributed by atoms with van der Waals surface area (Å²) in [5.74, 6) is -2.46. The molecule has 0 unspecified atom stereocenters. The van der Waals surface area contributed by atoms with Crippen LogP contribution in [0.4, 0.5) is 20.3 Å². The maximum atomic E-state index is 12.5. The van der Waals surface area contributed by atoms with Crippen molar-refractivity contribution >= 4 is 11.5 Å². The zero-order chi connectivity index (χ0) is 10.8. The molecule has 1 aromatic rings. The number of nitrogens with two attached hydrogens (primary N) is 1. The number of nitrogen functional groups attached to an aromatic ring is 1. The van der Waals surface area contributed by atoms with Crippen molar-refractivity contribution in [2.45, 2.75) is 19.8 Å². The molecule has 0 aliphatic heterocycles. The summed E-state index contributed by atoms with van der Waals surface area (Å²) in [6, 6.07) is 1.68. The van der Waals surface area contributed by atoms with E-state index in [0.29, 0.717) is 11.5 Å². The number of alkyl halides is 2. The summed E-state index contributed by atoms with van der Waals surface area (Å²) in [6.45, 7) is 2.21. The Morgan fingerprint density at radius 1 is 1.57 bits per heavy atom. The van der Waals surface area contributed by atoms with Crippen LogP contribution >= 0.6 is 0 Å². The van der Waals surface area contributed by atoms with E-state index < -0.39 is 12.5 Å². The van der Waals surface area contributed by atoms with Crippen LogP contribution in [0.2, 0.25) is 0 Å². The molecule has 3 N–H and O–H groups in total. The first-order valence-corrected chi connectivity index (χ1v) is 4.22. The fraction of sp³-hybridized carbons (Fsp3) is 0.444. The highest BCUT2D eigenvalue weighted by Gasteiger charge is 2.20. The average molecular weight is 201 g/mol. The number of hydrogen-bond acceptors (Lipinski definition) is 3. The third-order valence-electron chi connectivity index (χ3n) is 1.62. The summed E-state index contributed by atoms with van der Waals surface area (Å²) in [7, 11) is 0. The van der Waals surface area contributed by atoms with Crippen molar-refractivity contribution in [1.82, 2.24) is 4.98 Å². The normalized spacial score (nSPS) is 11.4. The largest absolute Gasteiger partial charge is 0.396 e. The van der Waals surface area contributed by atoms with Gasteiger partial charge in [-0.3, -0.25) is 0 Å². The average Bonchev–Trinajstić information content (AvgIpc) is 2.00. The minimum atomic E-state index is -2.76. The lowest BCUT2D eigenvalue weighted by atomic mass is 10.3. The highest BCUT2D eigenvalue weighted by molar-refractivity contribution is 5.61. The number of aromatic nitrogens is 1. The minimum absolute atomic E-state index is 0.303. The van der Waals surface area contributed by atoms with Crippen LogP contribution in [0.3, 0.4) is 0 Å². The number of rotatable bonds is 3. The van der Waals surface area contributed by atoms with Crippen LogP contribution in [0.15, 0.2) is 12.3 Å². The molecule has 0 spiro atoms. The second-order valence-electron chi connectivity index (χ2n) is 3.37. The summed E-state index contributed by atoms with van der Waals surface area (Å²) in [5, 5.41) is 2.49.